The van der Waals surface area contributed by atoms with E-state index in [0.29, 0.717) is 5.92 Å². The molecule has 90 valence electrons. The molecule has 0 aromatic heterocycles. The monoisotopic (exact) mass is 304 g/mol. The molecule has 0 aliphatic rings. The Morgan fingerprint density at radius 1 is 1.44 bits per heavy atom. The summed E-state index contributed by atoms with van der Waals surface area (Å²) in [6.07, 6.45) is 1.08. The van der Waals surface area contributed by atoms with Gasteiger partial charge in [-0.1, -0.05) is 34.5 Å². The number of methoxy groups -OCH3 is 1. The van der Waals surface area contributed by atoms with E-state index in [4.69, 9.17) is 16.3 Å². The first-order chi connectivity index (χ1) is 7.52. The topological polar surface area (TPSA) is 9.23 Å². The predicted molar refractivity (Wildman–Crippen MR) is 74.3 cm³/mol. The summed E-state index contributed by atoms with van der Waals surface area (Å²) in [7, 11) is 1.71. The lowest BCUT2D eigenvalue weighted by atomic mass is 9.92. The van der Waals surface area contributed by atoms with E-state index in [-0.39, 0.29) is 0 Å². The number of hydrogen-bond acceptors (Lipinski definition) is 1. The summed E-state index contributed by atoms with van der Waals surface area (Å²) in [5.41, 5.74) is 3.45. The van der Waals surface area contributed by atoms with E-state index in [0.717, 1.165) is 33.6 Å². The fraction of sp³-hybridized carbons (Fsp3) is 0.538. The van der Waals surface area contributed by atoms with Gasteiger partial charge in [0.15, 0.2) is 0 Å². The standard InChI is InChI=1S/C13H18BrClO/c1-8(5-6-14)12-10(3)13(15)9(2)7-11(12)16-4/h7-8H,5-6H2,1-4H3. The second-order valence-corrected chi connectivity index (χ2v) is 5.30. The molecule has 1 aromatic rings. The number of halogens is 2. The summed E-state index contributed by atoms with van der Waals surface area (Å²) in [4.78, 5) is 0. The van der Waals surface area contributed by atoms with E-state index < -0.39 is 0 Å². The number of benzene rings is 1. The third kappa shape index (κ3) is 2.72. The Morgan fingerprint density at radius 2 is 2.06 bits per heavy atom. The summed E-state index contributed by atoms with van der Waals surface area (Å²) in [5, 5.41) is 1.85. The summed E-state index contributed by atoms with van der Waals surface area (Å²) in [6, 6.07) is 2.02. The average Bonchev–Trinajstić information content (AvgIpc) is 2.25. The first-order valence-electron chi connectivity index (χ1n) is 5.42. The third-order valence-electron chi connectivity index (χ3n) is 2.95. The summed E-state index contributed by atoms with van der Waals surface area (Å²) < 4.78 is 5.46. The molecule has 0 saturated carbocycles. The number of ether oxygens (including phenoxy) is 1. The van der Waals surface area contributed by atoms with Crippen molar-refractivity contribution in [3.8, 4) is 5.75 Å². The maximum absolute atomic E-state index is 6.29. The van der Waals surface area contributed by atoms with Gasteiger partial charge in [-0.05, 0) is 43.4 Å². The van der Waals surface area contributed by atoms with Crippen molar-refractivity contribution in [2.75, 3.05) is 12.4 Å². The molecular weight excluding hydrogens is 287 g/mol. The van der Waals surface area contributed by atoms with Crippen LogP contribution in [0.25, 0.3) is 0 Å². The van der Waals surface area contributed by atoms with Gasteiger partial charge in [0.1, 0.15) is 5.75 Å². The van der Waals surface area contributed by atoms with Gasteiger partial charge in [0.2, 0.25) is 0 Å². The van der Waals surface area contributed by atoms with Gasteiger partial charge < -0.3 is 4.74 Å². The largest absolute Gasteiger partial charge is 0.496 e. The number of alkyl halides is 1. The first-order valence-corrected chi connectivity index (χ1v) is 6.92. The first kappa shape index (κ1) is 13.9. The van der Waals surface area contributed by atoms with Gasteiger partial charge >= 0.3 is 0 Å². The molecule has 0 N–H and O–H groups in total. The summed E-state index contributed by atoms with van der Waals surface area (Å²) >= 11 is 9.77. The highest BCUT2D eigenvalue weighted by molar-refractivity contribution is 9.09. The highest BCUT2D eigenvalue weighted by Crippen LogP contribution is 2.37. The molecular formula is C13H18BrClO. The van der Waals surface area contributed by atoms with E-state index in [2.05, 4.69) is 29.8 Å². The van der Waals surface area contributed by atoms with Gasteiger partial charge in [-0.2, -0.15) is 0 Å². The van der Waals surface area contributed by atoms with Crippen LogP contribution in [0.2, 0.25) is 5.02 Å². The Balaban J connectivity index is 3.29. The second kappa shape index (κ2) is 5.92. The van der Waals surface area contributed by atoms with Crippen molar-refractivity contribution in [3.63, 3.8) is 0 Å². The lowest BCUT2D eigenvalue weighted by Crippen LogP contribution is -2.03. The van der Waals surface area contributed by atoms with E-state index in [1.165, 1.54) is 5.56 Å². The van der Waals surface area contributed by atoms with Crippen LogP contribution in [-0.4, -0.2) is 12.4 Å². The fourth-order valence-corrected chi connectivity index (χ4v) is 2.87. The Hall–Kier alpha value is -0.210. The quantitative estimate of drug-likeness (QED) is 0.722. The molecule has 1 aromatic carbocycles. The number of aryl methyl sites for hydroxylation is 1. The maximum Gasteiger partial charge on any atom is 0.122 e. The summed E-state index contributed by atoms with van der Waals surface area (Å²) in [6.45, 7) is 6.28. The average molecular weight is 306 g/mol. The molecule has 1 atom stereocenters. The zero-order chi connectivity index (χ0) is 12.3. The molecule has 0 spiro atoms. The smallest absolute Gasteiger partial charge is 0.122 e. The molecule has 0 aliphatic carbocycles. The molecule has 0 saturated heterocycles. The van der Waals surface area contributed by atoms with Crippen LogP contribution in [0, 0.1) is 13.8 Å². The summed E-state index contributed by atoms with van der Waals surface area (Å²) in [5.74, 6) is 1.40. The minimum absolute atomic E-state index is 0.451. The Bertz CT molecular complexity index is 377. The Morgan fingerprint density at radius 3 is 2.56 bits per heavy atom. The zero-order valence-corrected chi connectivity index (χ0v) is 12.6. The van der Waals surface area contributed by atoms with Crippen LogP contribution in [0.15, 0.2) is 6.07 Å². The lowest BCUT2D eigenvalue weighted by Gasteiger charge is -2.20. The molecule has 1 nitrogen and oxygen atoms in total. The van der Waals surface area contributed by atoms with Gasteiger partial charge in [0.25, 0.3) is 0 Å². The van der Waals surface area contributed by atoms with Crippen LogP contribution in [0.5, 0.6) is 5.75 Å². The van der Waals surface area contributed by atoms with E-state index >= 15 is 0 Å². The van der Waals surface area contributed by atoms with Crippen molar-refractivity contribution in [3.05, 3.63) is 27.8 Å². The van der Waals surface area contributed by atoms with E-state index in [1.54, 1.807) is 7.11 Å². The third-order valence-corrected chi connectivity index (χ3v) is 3.99. The van der Waals surface area contributed by atoms with Crippen molar-refractivity contribution in [1.82, 2.24) is 0 Å². The van der Waals surface area contributed by atoms with Crippen molar-refractivity contribution >= 4 is 27.5 Å². The molecule has 16 heavy (non-hydrogen) atoms. The van der Waals surface area contributed by atoms with Crippen LogP contribution in [0.3, 0.4) is 0 Å². The van der Waals surface area contributed by atoms with Crippen molar-refractivity contribution < 1.29 is 4.74 Å². The molecule has 0 aliphatic heterocycles. The van der Waals surface area contributed by atoms with Gasteiger partial charge in [-0.15, -0.1) is 0 Å². The highest BCUT2D eigenvalue weighted by atomic mass is 79.9. The molecule has 3 heteroatoms. The van der Waals surface area contributed by atoms with E-state index in [1.807, 2.05) is 13.0 Å². The van der Waals surface area contributed by atoms with Crippen LogP contribution >= 0.6 is 27.5 Å². The fourth-order valence-electron chi connectivity index (χ4n) is 2.03. The van der Waals surface area contributed by atoms with Crippen molar-refractivity contribution in [1.29, 1.82) is 0 Å². The Kier molecular flexibility index (Phi) is 5.13. The van der Waals surface area contributed by atoms with E-state index in [9.17, 15) is 0 Å². The normalized spacial score (nSPS) is 12.6. The van der Waals surface area contributed by atoms with Crippen LogP contribution in [0.1, 0.15) is 36.0 Å². The number of rotatable bonds is 4. The molecule has 0 amide bonds. The lowest BCUT2D eigenvalue weighted by molar-refractivity contribution is 0.405. The highest BCUT2D eigenvalue weighted by Gasteiger charge is 2.17. The van der Waals surface area contributed by atoms with Crippen LogP contribution < -0.4 is 4.74 Å². The van der Waals surface area contributed by atoms with Gasteiger partial charge in [0.05, 0.1) is 7.11 Å². The van der Waals surface area contributed by atoms with Crippen LogP contribution in [-0.2, 0) is 0 Å². The zero-order valence-electron chi connectivity index (χ0n) is 10.2. The van der Waals surface area contributed by atoms with Gasteiger partial charge in [0, 0.05) is 15.9 Å². The molecule has 0 bridgehead atoms. The Labute approximate surface area is 111 Å². The van der Waals surface area contributed by atoms with Crippen molar-refractivity contribution in [2.45, 2.75) is 33.1 Å². The molecule has 1 unspecified atom stereocenters. The number of hydrogen-bond donors (Lipinski definition) is 0. The molecule has 1 rings (SSSR count). The second-order valence-electron chi connectivity index (χ2n) is 4.13. The van der Waals surface area contributed by atoms with Gasteiger partial charge in [-0.25, -0.2) is 0 Å². The predicted octanol–water partition coefficient (Wildman–Crippen LogP) is 4.85. The molecule has 0 radical (unpaired) electrons. The SMILES string of the molecule is COc1cc(C)c(Cl)c(C)c1C(C)CCBr. The maximum atomic E-state index is 6.29. The van der Waals surface area contributed by atoms with Crippen molar-refractivity contribution in [2.24, 2.45) is 0 Å². The minimum Gasteiger partial charge on any atom is -0.496 e. The minimum atomic E-state index is 0.451. The van der Waals surface area contributed by atoms with Crippen LogP contribution in [0.4, 0.5) is 0 Å². The molecule has 0 fully saturated rings. The van der Waals surface area contributed by atoms with Gasteiger partial charge in [-0.3, -0.25) is 0 Å². The molecule has 0 heterocycles.